The summed E-state index contributed by atoms with van der Waals surface area (Å²) in [6, 6.07) is 7.54. The van der Waals surface area contributed by atoms with Crippen molar-refractivity contribution in [3.8, 4) is 10.6 Å². The maximum atomic E-state index is 7.30. The molecular weight excluding hydrogens is 377 g/mol. The first-order chi connectivity index (χ1) is 11.9. The predicted octanol–water partition coefficient (Wildman–Crippen LogP) is 5.10. The van der Waals surface area contributed by atoms with E-state index in [9.17, 15) is 0 Å². The lowest BCUT2D eigenvalue weighted by Crippen LogP contribution is -2.12. The average molecular weight is 394 g/mol. The van der Waals surface area contributed by atoms with E-state index in [2.05, 4.69) is 23.3 Å². The van der Waals surface area contributed by atoms with E-state index in [-0.39, 0.29) is 5.84 Å². The number of anilines is 1. The van der Waals surface area contributed by atoms with Gasteiger partial charge in [-0.25, -0.2) is 9.97 Å². The number of fused-ring (bicyclic) bond motifs is 1. The molecule has 0 aliphatic heterocycles. The van der Waals surface area contributed by atoms with Gasteiger partial charge in [0.1, 0.15) is 5.69 Å². The van der Waals surface area contributed by atoms with Gasteiger partial charge in [0, 0.05) is 17.8 Å². The molecular formula is C17H17Cl2N5S. The fourth-order valence-electron chi connectivity index (χ4n) is 2.39. The lowest BCUT2D eigenvalue weighted by Gasteiger charge is -2.11. The number of rotatable bonds is 6. The van der Waals surface area contributed by atoms with Crippen molar-refractivity contribution in [2.75, 3.05) is 11.9 Å². The normalized spacial score (nSPS) is 11.0. The minimum absolute atomic E-state index is 0.182. The molecule has 25 heavy (non-hydrogen) atoms. The molecule has 0 atom stereocenters. The molecule has 0 spiro atoms. The number of halogens is 2. The summed E-state index contributed by atoms with van der Waals surface area (Å²) < 4.78 is 0. The number of aryl methyl sites for hydroxylation is 1. The summed E-state index contributed by atoms with van der Waals surface area (Å²) in [5.41, 5.74) is 7.57. The first-order valence-electron chi connectivity index (χ1n) is 7.74. The lowest BCUT2D eigenvalue weighted by atomic mass is 10.2. The van der Waals surface area contributed by atoms with Crippen molar-refractivity contribution < 1.29 is 0 Å². The smallest absolute Gasteiger partial charge is 0.154 e. The average Bonchev–Trinajstić information content (AvgIpc) is 2.98. The van der Waals surface area contributed by atoms with Crippen LogP contribution in [0.4, 0.5) is 5.82 Å². The van der Waals surface area contributed by atoms with Crippen molar-refractivity contribution in [1.82, 2.24) is 9.97 Å². The van der Waals surface area contributed by atoms with Crippen LogP contribution < -0.4 is 11.1 Å². The zero-order chi connectivity index (χ0) is 18.0. The van der Waals surface area contributed by atoms with Crippen LogP contribution in [0.25, 0.3) is 21.6 Å². The van der Waals surface area contributed by atoms with Crippen LogP contribution in [0.1, 0.15) is 17.7 Å². The molecule has 2 aromatic heterocycles. The topological polar surface area (TPSA) is 87.7 Å². The van der Waals surface area contributed by atoms with E-state index in [1.807, 2.05) is 6.07 Å². The van der Waals surface area contributed by atoms with E-state index < -0.39 is 0 Å². The standard InChI is InChI=1S/C17H17Cl2N5S/c1-9-4-5-14(25-9)16-17(22-6-2-3-15(20)21)24-13-8-11(19)10(18)7-12(13)23-16/h4-5,7-8H,2-3,6H2,1H3,(H3,20,21)(H,22,24). The third kappa shape index (κ3) is 4.21. The summed E-state index contributed by atoms with van der Waals surface area (Å²) in [5, 5.41) is 11.5. The second kappa shape index (κ2) is 7.56. The third-order valence-corrected chi connectivity index (χ3v) is 5.32. The Morgan fingerprint density at radius 1 is 1.20 bits per heavy atom. The summed E-state index contributed by atoms with van der Waals surface area (Å²) in [7, 11) is 0. The Bertz CT molecular complexity index is 938. The summed E-state index contributed by atoms with van der Waals surface area (Å²) in [6.45, 7) is 2.71. The molecule has 0 bridgehead atoms. The molecule has 8 heteroatoms. The SMILES string of the molecule is Cc1ccc(-c2nc3cc(Cl)c(Cl)cc3nc2NCCCC(=N)N)s1. The largest absolute Gasteiger partial charge is 0.388 e. The summed E-state index contributed by atoms with van der Waals surface area (Å²) in [4.78, 5) is 11.7. The molecule has 3 aromatic rings. The second-order valence-corrected chi connectivity index (χ2v) is 7.74. The molecule has 3 rings (SSSR count). The van der Waals surface area contributed by atoms with Gasteiger partial charge in [0.25, 0.3) is 0 Å². The summed E-state index contributed by atoms with van der Waals surface area (Å²) >= 11 is 13.9. The number of benzene rings is 1. The van der Waals surface area contributed by atoms with Crippen molar-refractivity contribution in [2.24, 2.45) is 5.73 Å². The number of amidine groups is 1. The van der Waals surface area contributed by atoms with Gasteiger partial charge in [-0.15, -0.1) is 11.3 Å². The van der Waals surface area contributed by atoms with Gasteiger partial charge in [-0.1, -0.05) is 23.2 Å². The molecule has 0 fully saturated rings. The molecule has 5 nitrogen and oxygen atoms in total. The van der Waals surface area contributed by atoms with Crippen LogP contribution in [0.2, 0.25) is 10.0 Å². The molecule has 0 unspecified atom stereocenters. The zero-order valence-electron chi connectivity index (χ0n) is 13.6. The highest BCUT2D eigenvalue weighted by Crippen LogP contribution is 2.34. The van der Waals surface area contributed by atoms with Crippen molar-refractivity contribution >= 4 is 57.2 Å². The van der Waals surface area contributed by atoms with Gasteiger partial charge in [0.2, 0.25) is 0 Å². The second-order valence-electron chi connectivity index (χ2n) is 5.64. The molecule has 0 aliphatic rings. The van der Waals surface area contributed by atoms with Crippen molar-refractivity contribution in [3.63, 3.8) is 0 Å². The van der Waals surface area contributed by atoms with Crippen molar-refractivity contribution in [2.45, 2.75) is 19.8 Å². The van der Waals surface area contributed by atoms with Crippen LogP contribution in [0.5, 0.6) is 0 Å². The maximum Gasteiger partial charge on any atom is 0.154 e. The molecule has 0 saturated carbocycles. The summed E-state index contributed by atoms with van der Waals surface area (Å²) in [6.07, 6.45) is 1.29. The first kappa shape index (κ1) is 17.9. The fourth-order valence-corrected chi connectivity index (χ4v) is 3.57. The third-order valence-electron chi connectivity index (χ3n) is 3.60. The molecule has 4 N–H and O–H groups in total. The molecule has 2 heterocycles. The van der Waals surface area contributed by atoms with E-state index in [4.69, 9.17) is 39.3 Å². The molecule has 0 radical (unpaired) electrons. The van der Waals surface area contributed by atoms with Crippen molar-refractivity contribution in [3.05, 3.63) is 39.2 Å². The number of thiophene rings is 1. The van der Waals surface area contributed by atoms with E-state index in [1.54, 1.807) is 23.5 Å². The highest BCUT2D eigenvalue weighted by atomic mass is 35.5. The van der Waals surface area contributed by atoms with Crippen LogP contribution in [0.15, 0.2) is 24.3 Å². The Kier molecular flexibility index (Phi) is 5.42. The monoisotopic (exact) mass is 393 g/mol. The van der Waals surface area contributed by atoms with E-state index in [0.717, 1.165) is 17.0 Å². The first-order valence-corrected chi connectivity index (χ1v) is 9.31. The molecule has 0 amide bonds. The van der Waals surface area contributed by atoms with Gasteiger partial charge in [0.05, 0.1) is 31.8 Å². The Balaban J connectivity index is 2.01. The van der Waals surface area contributed by atoms with Gasteiger partial charge in [-0.3, -0.25) is 5.41 Å². The van der Waals surface area contributed by atoms with E-state index in [0.29, 0.717) is 39.9 Å². The predicted molar refractivity (Wildman–Crippen MR) is 107 cm³/mol. The Morgan fingerprint density at radius 3 is 2.48 bits per heavy atom. The van der Waals surface area contributed by atoms with Gasteiger partial charge in [-0.05, 0) is 37.6 Å². The quantitative estimate of drug-likeness (QED) is 0.308. The summed E-state index contributed by atoms with van der Waals surface area (Å²) in [5.74, 6) is 0.873. The van der Waals surface area contributed by atoms with E-state index in [1.165, 1.54) is 4.88 Å². The number of aromatic nitrogens is 2. The Labute approximate surface area is 159 Å². The minimum atomic E-state index is 0.182. The number of hydrogen-bond acceptors (Lipinski definition) is 5. The zero-order valence-corrected chi connectivity index (χ0v) is 15.9. The van der Waals surface area contributed by atoms with Gasteiger partial charge in [-0.2, -0.15) is 0 Å². The highest BCUT2D eigenvalue weighted by molar-refractivity contribution is 7.15. The maximum absolute atomic E-state index is 7.30. The van der Waals surface area contributed by atoms with Gasteiger partial charge >= 0.3 is 0 Å². The lowest BCUT2D eigenvalue weighted by molar-refractivity contribution is 0.899. The van der Waals surface area contributed by atoms with Gasteiger partial charge in [0.15, 0.2) is 5.82 Å². The molecule has 0 aliphatic carbocycles. The number of hydrogen-bond donors (Lipinski definition) is 3. The fraction of sp³-hybridized carbons (Fsp3) is 0.235. The molecule has 0 saturated heterocycles. The number of nitrogens with zero attached hydrogens (tertiary/aromatic N) is 2. The Hall–Kier alpha value is -1.89. The molecule has 1 aromatic carbocycles. The van der Waals surface area contributed by atoms with Crippen LogP contribution in [-0.2, 0) is 0 Å². The number of nitrogens with one attached hydrogen (secondary N) is 2. The van der Waals surface area contributed by atoms with Crippen molar-refractivity contribution in [1.29, 1.82) is 5.41 Å². The van der Waals surface area contributed by atoms with Crippen LogP contribution in [0.3, 0.4) is 0 Å². The molecule has 130 valence electrons. The highest BCUT2D eigenvalue weighted by Gasteiger charge is 2.14. The van der Waals surface area contributed by atoms with Crippen LogP contribution in [-0.4, -0.2) is 22.3 Å². The van der Waals surface area contributed by atoms with Crippen LogP contribution >= 0.6 is 34.5 Å². The minimum Gasteiger partial charge on any atom is -0.388 e. The Morgan fingerprint density at radius 2 is 1.88 bits per heavy atom. The van der Waals surface area contributed by atoms with Gasteiger partial charge < -0.3 is 11.1 Å². The number of nitrogens with two attached hydrogens (primary N) is 1. The van der Waals surface area contributed by atoms with E-state index >= 15 is 0 Å². The van der Waals surface area contributed by atoms with Crippen LogP contribution in [0, 0.1) is 12.3 Å².